The number of anilines is 1. The van der Waals surface area contributed by atoms with Gasteiger partial charge in [-0.25, -0.2) is 0 Å². The molecule has 2 aromatic rings. The van der Waals surface area contributed by atoms with Gasteiger partial charge in [0.15, 0.2) is 5.78 Å². The van der Waals surface area contributed by atoms with E-state index >= 15 is 0 Å². The van der Waals surface area contributed by atoms with Gasteiger partial charge in [0.2, 0.25) is 0 Å². The van der Waals surface area contributed by atoms with Crippen LogP contribution in [0.4, 0.5) is 5.69 Å². The molecule has 124 valence electrons. The summed E-state index contributed by atoms with van der Waals surface area (Å²) in [4.78, 5) is 27.2. The number of nitrogens with zero attached hydrogens (tertiary/aromatic N) is 1. The molecule has 4 nitrogen and oxygen atoms in total. The third-order valence-corrected chi connectivity index (χ3v) is 4.37. The molecule has 2 aromatic carbocycles. The van der Waals surface area contributed by atoms with Crippen LogP contribution in [-0.4, -0.2) is 24.9 Å². The van der Waals surface area contributed by atoms with E-state index in [0.717, 1.165) is 11.3 Å². The van der Waals surface area contributed by atoms with E-state index in [1.165, 1.54) is 0 Å². The van der Waals surface area contributed by atoms with Crippen molar-refractivity contribution in [2.45, 2.75) is 19.4 Å². The van der Waals surface area contributed by atoms with Crippen LogP contribution in [0.5, 0.6) is 0 Å². The minimum Gasteiger partial charge on any atom is -0.465 e. The molecule has 2 unspecified atom stereocenters. The largest absolute Gasteiger partial charge is 0.465 e. The molecule has 1 aliphatic heterocycles. The molecular weight excluding hydrogens is 302 g/mol. The predicted octanol–water partition coefficient (Wildman–Crippen LogP) is 3.39. The van der Waals surface area contributed by atoms with Crippen molar-refractivity contribution in [2.75, 3.05) is 18.1 Å². The van der Waals surface area contributed by atoms with E-state index in [9.17, 15) is 9.59 Å². The predicted molar refractivity (Wildman–Crippen MR) is 92.7 cm³/mol. The van der Waals surface area contributed by atoms with Crippen LogP contribution in [0.1, 0.15) is 24.9 Å². The van der Waals surface area contributed by atoms with Crippen LogP contribution in [0.25, 0.3) is 0 Å². The lowest BCUT2D eigenvalue weighted by molar-refractivity contribution is -0.153. The van der Waals surface area contributed by atoms with E-state index in [0.29, 0.717) is 13.0 Å². The van der Waals surface area contributed by atoms with Crippen molar-refractivity contribution in [1.29, 1.82) is 0 Å². The first-order valence-electron chi connectivity index (χ1n) is 8.28. The normalized spacial score (nSPS) is 20.7. The second-order valence-electron chi connectivity index (χ2n) is 5.83. The van der Waals surface area contributed by atoms with Crippen LogP contribution in [0, 0.1) is 5.92 Å². The molecule has 2 atom stereocenters. The highest BCUT2D eigenvalue weighted by Crippen LogP contribution is 2.38. The Morgan fingerprint density at radius 1 is 1.08 bits per heavy atom. The number of piperidine rings is 1. The first kappa shape index (κ1) is 16.2. The van der Waals surface area contributed by atoms with Gasteiger partial charge in [0.1, 0.15) is 5.92 Å². The molecule has 0 spiro atoms. The Bertz CT molecular complexity index is 699. The average Bonchev–Trinajstić information content (AvgIpc) is 2.63. The maximum Gasteiger partial charge on any atom is 0.318 e. The fourth-order valence-corrected chi connectivity index (χ4v) is 3.31. The number of ether oxygens (including phenoxy) is 1. The third-order valence-electron chi connectivity index (χ3n) is 4.37. The van der Waals surface area contributed by atoms with Gasteiger partial charge in [-0.05, 0) is 24.6 Å². The van der Waals surface area contributed by atoms with Crippen LogP contribution >= 0.6 is 0 Å². The zero-order valence-electron chi connectivity index (χ0n) is 13.7. The van der Waals surface area contributed by atoms with Crippen molar-refractivity contribution in [3.8, 4) is 0 Å². The zero-order chi connectivity index (χ0) is 16.9. The monoisotopic (exact) mass is 323 g/mol. The standard InChI is InChI=1S/C20H21NO3/c1-2-24-20(23)18-17(22)13-14-21(16-11-7-4-8-12-16)19(18)15-9-5-3-6-10-15/h3-12,18-19H,2,13-14H2,1H3. The lowest BCUT2D eigenvalue weighted by Crippen LogP contribution is -2.47. The van der Waals surface area contributed by atoms with Crippen LogP contribution in [-0.2, 0) is 14.3 Å². The Hall–Kier alpha value is -2.62. The van der Waals surface area contributed by atoms with E-state index in [-0.39, 0.29) is 18.4 Å². The van der Waals surface area contributed by atoms with E-state index in [1.807, 2.05) is 60.7 Å². The van der Waals surface area contributed by atoms with Gasteiger partial charge < -0.3 is 9.64 Å². The number of hydrogen-bond donors (Lipinski definition) is 0. The quantitative estimate of drug-likeness (QED) is 0.639. The van der Waals surface area contributed by atoms with Gasteiger partial charge in [0.25, 0.3) is 0 Å². The molecule has 0 bridgehead atoms. The number of carbonyl (C=O) groups is 2. The molecule has 1 fully saturated rings. The van der Waals surface area contributed by atoms with E-state index < -0.39 is 11.9 Å². The number of hydrogen-bond acceptors (Lipinski definition) is 4. The summed E-state index contributed by atoms with van der Waals surface area (Å²) < 4.78 is 5.20. The molecular formula is C20H21NO3. The number of para-hydroxylation sites is 1. The molecule has 0 radical (unpaired) electrons. The van der Waals surface area contributed by atoms with Gasteiger partial charge >= 0.3 is 5.97 Å². The molecule has 24 heavy (non-hydrogen) atoms. The second kappa shape index (κ2) is 7.30. The Kier molecular flexibility index (Phi) is 4.94. The summed E-state index contributed by atoms with van der Waals surface area (Å²) in [5.74, 6) is -1.27. The smallest absolute Gasteiger partial charge is 0.318 e. The summed E-state index contributed by atoms with van der Waals surface area (Å²) in [5.41, 5.74) is 1.96. The van der Waals surface area contributed by atoms with Crippen molar-refractivity contribution in [3.05, 3.63) is 66.2 Å². The lowest BCUT2D eigenvalue weighted by Gasteiger charge is -2.41. The summed E-state index contributed by atoms with van der Waals surface area (Å²) in [6.45, 7) is 2.63. The molecule has 1 saturated heterocycles. The molecule has 0 aliphatic carbocycles. The number of Topliss-reactive ketones (excluding diaryl/α,β-unsaturated/α-hetero) is 1. The highest BCUT2D eigenvalue weighted by molar-refractivity contribution is 6.01. The summed E-state index contributed by atoms with van der Waals surface area (Å²) >= 11 is 0. The molecule has 1 aliphatic rings. The van der Waals surface area contributed by atoms with Crippen molar-refractivity contribution in [3.63, 3.8) is 0 Å². The van der Waals surface area contributed by atoms with Gasteiger partial charge in [-0.2, -0.15) is 0 Å². The zero-order valence-corrected chi connectivity index (χ0v) is 13.7. The molecule has 1 heterocycles. The van der Waals surface area contributed by atoms with E-state index in [4.69, 9.17) is 4.74 Å². The maximum atomic E-state index is 12.5. The Balaban J connectivity index is 2.05. The third kappa shape index (κ3) is 3.18. The SMILES string of the molecule is CCOC(=O)C1C(=O)CCN(c2ccccc2)C1c1ccccc1. The average molecular weight is 323 g/mol. The summed E-state index contributed by atoms with van der Waals surface area (Å²) in [5, 5.41) is 0. The molecule has 4 heteroatoms. The molecule has 0 aromatic heterocycles. The highest BCUT2D eigenvalue weighted by Gasteiger charge is 2.43. The highest BCUT2D eigenvalue weighted by atomic mass is 16.5. The second-order valence-corrected chi connectivity index (χ2v) is 5.83. The lowest BCUT2D eigenvalue weighted by atomic mass is 9.83. The maximum absolute atomic E-state index is 12.5. The Morgan fingerprint density at radius 3 is 2.33 bits per heavy atom. The molecule has 3 rings (SSSR count). The minimum absolute atomic E-state index is 0.0468. The van der Waals surface area contributed by atoms with Crippen LogP contribution in [0.3, 0.4) is 0 Å². The van der Waals surface area contributed by atoms with Crippen LogP contribution in [0.2, 0.25) is 0 Å². The molecule has 0 saturated carbocycles. The fourth-order valence-electron chi connectivity index (χ4n) is 3.31. The first-order valence-corrected chi connectivity index (χ1v) is 8.28. The van der Waals surface area contributed by atoms with Crippen molar-refractivity contribution in [2.24, 2.45) is 5.92 Å². The summed E-state index contributed by atoms with van der Waals surface area (Å²) in [7, 11) is 0. The number of ketones is 1. The Morgan fingerprint density at radius 2 is 1.71 bits per heavy atom. The number of carbonyl (C=O) groups excluding carboxylic acids is 2. The van der Waals surface area contributed by atoms with Gasteiger partial charge in [-0.3, -0.25) is 9.59 Å². The van der Waals surface area contributed by atoms with Crippen LogP contribution < -0.4 is 4.90 Å². The molecule has 0 amide bonds. The van der Waals surface area contributed by atoms with Gasteiger partial charge in [-0.1, -0.05) is 48.5 Å². The minimum atomic E-state index is -0.790. The van der Waals surface area contributed by atoms with Crippen molar-refractivity contribution in [1.82, 2.24) is 0 Å². The summed E-state index contributed by atoms with van der Waals surface area (Å²) in [6.07, 6.45) is 0.349. The van der Waals surface area contributed by atoms with Gasteiger partial charge in [-0.15, -0.1) is 0 Å². The molecule has 0 N–H and O–H groups in total. The van der Waals surface area contributed by atoms with Crippen molar-refractivity contribution >= 4 is 17.4 Å². The number of rotatable bonds is 4. The van der Waals surface area contributed by atoms with Gasteiger partial charge in [0.05, 0.1) is 12.6 Å². The number of benzene rings is 2. The first-order chi connectivity index (χ1) is 11.7. The number of esters is 1. The van der Waals surface area contributed by atoms with Gasteiger partial charge in [0, 0.05) is 18.7 Å². The van der Waals surface area contributed by atoms with Crippen molar-refractivity contribution < 1.29 is 14.3 Å². The topological polar surface area (TPSA) is 46.6 Å². The Labute approximate surface area is 142 Å². The van der Waals surface area contributed by atoms with E-state index in [2.05, 4.69) is 4.90 Å². The van der Waals surface area contributed by atoms with E-state index in [1.54, 1.807) is 6.92 Å². The van der Waals surface area contributed by atoms with Crippen LogP contribution in [0.15, 0.2) is 60.7 Å². The fraction of sp³-hybridized carbons (Fsp3) is 0.300. The summed E-state index contributed by atoms with van der Waals surface area (Å²) in [6, 6.07) is 19.3.